The summed E-state index contributed by atoms with van der Waals surface area (Å²) >= 11 is 2.63. The van der Waals surface area contributed by atoms with Crippen molar-refractivity contribution in [2.24, 2.45) is 0 Å². The van der Waals surface area contributed by atoms with Gasteiger partial charge in [-0.1, -0.05) is 13.0 Å². The number of amides is 2. The SMILES string of the molecule is CCC(Sc1cccc(NC(=O)/C=C/C(=O)O)c1)C(=O)Nc1nc(-c2ccc(F)cc2)cs1. The number of thiazole rings is 1. The van der Waals surface area contributed by atoms with Crippen molar-refractivity contribution in [3.05, 3.63) is 71.9 Å². The molecule has 0 bridgehead atoms. The molecule has 3 N–H and O–H groups in total. The van der Waals surface area contributed by atoms with Gasteiger partial charge in [-0.3, -0.25) is 9.59 Å². The Hall–Kier alpha value is -3.50. The number of nitrogens with zero attached hydrogens (tertiary/aromatic N) is 1. The smallest absolute Gasteiger partial charge is 0.328 e. The van der Waals surface area contributed by atoms with Crippen LogP contribution < -0.4 is 10.6 Å². The lowest BCUT2D eigenvalue weighted by atomic mass is 10.2. The van der Waals surface area contributed by atoms with E-state index < -0.39 is 17.1 Å². The Labute approximate surface area is 197 Å². The number of thioether (sulfide) groups is 1. The fourth-order valence-electron chi connectivity index (χ4n) is 2.73. The van der Waals surface area contributed by atoms with Crippen molar-refractivity contribution in [3.8, 4) is 11.3 Å². The quantitative estimate of drug-likeness (QED) is 0.290. The maximum atomic E-state index is 13.1. The number of benzene rings is 2. The molecule has 0 fully saturated rings. The van der Waals surface area contributed by atoms with Gasteiger partial charge in [0.2, 0.25) is 11.8 Å². The summed E-state index contributed by atoms with van der Waals surface area (Å²) < 4.78 is 13.1. The molecule has 3 rings (SSSR count). The minimum absolute atomic E-state index is 0.207. The molecule has 0 aliphatic carbocycles. The minimum Gasteiger partial charge on any atom is -0.478 e. The van der Waals surface area contributed by atoms with E-state index in [1.54, 1.807) is 35.7 Å². The standard InChI is InChI=1S/C23H20FN3O4S2/c1-2-19(33-17-5-3-4-16(12-17)25-20(28)10-11-21(29)30)22(31)27-23-26-18(13-32-23)14-6-8-15(24)9-7-14/h3-13,19H,2H2,1H3,(H,25,28)(H,29,30)(H,26,27,31)/b11-10+. The fourth-order valence-corrected chi connectivity index (χ4v) is 4.47. The zero-order valence-electron chi connectivity index (χ0n) is 17.4. The van der Waals surface area contributed by atoms with Crippen molar-refractivity contribution in [2.45, 2.75) is 23.5 Å². The molecular formula is C23H20FN3O4S2. The van der Waals surface area contributed by atoms with Gasteiger partial charge < -0.3 is 15.7 Å². The molecule has 0 saturated carbocycles. The first-order chi connectivity index (χ1) is 15.8. The van der Waals surface area contributed by atoms with Crippen LogP contribution in [0.25, 0.3) is 11.3 Å². The number of halogens is 1. The first-order valence-corrected chi connectivity index (χ1v) is 11.6. The van der Waals surface area contributed by atoms with Gasteiger partial charge in [-0.2, -0.15) is 0 Å². The highest BCUT2D eigenvalue weighted by Crippen LogP contribution is 2.30. The van der Waals surface area contributed by atoms with Crippen LogP contribution in [0.1, 0.15) is 13.3 Å². The van der Waals surface area contributed by atoms with Crippen molar-refractivity contribution >= 4 is 51.7 Å². The molecule has 0 aliphatic heterocycles. The average Bonchev–Trinajstić information content (AvgIpc) is 3.25. The Balaban J connectivity index is 1.63. The molecule has 0 spiro atoms. The van der Waals surface area contributed by atoms with Crippen molar-refractivity contribution in [3.63, 3.8) is 0 Å². The number of anilines is 2. The number of carbonyl (C=O) groups is 3. The van der Waals surface area contributed by atoms with E-state index in [1.807, 2.05) is 13.0 Å². The number of aromatic nitrogens is 1. The highest BCUT2D eigenvalue weighted by Gasteiger charge is 2.20. The predicted molar refractivity (Wildman–Crippen MR) is 128 cm³/mol. The third kappa shape index (κ3) is 7.26. The lowest BCUT2D eigenvalue weighted by Gasteiger charge is -2.14. The summed E-state index contributed by atoms with van der Waals surface area (Å²) in [6, 6.07) is 12.9. The highest BCUT2D eigenvalue weighted by molar-refractivity contribution is 8.00. The van der Waals surface area contributed by atoms with Crippen LogP contribution in [-0.2, 0) is 14.4 Å². The number of hydrogen-bond donors (Lipinski definition) is 3. The Morgan fingerprint density at radius 2 is 1.91 bits per heavy atom. The highest BCUT2D eigenvalue weighted by atomic mass is 32.2. The number of aliphatic carboxylic acids is 1. The summed E-state index contributed by atoms with van der Waals surface area (Å²) in [7, 11) is 0. The molecule has 0 radical (unpaired) electrons. The Morgan fingerprint density at radius 1 is 1.15 bits per heavy atom. The van der Waals surface area contributed by atoms with Crippen LogP contribution in [0.5, 0.6) is 0 Å². The van der Waals surface area contributed by atoms with E-state index in [1.165, 1.54) is 35.2 Å². The van der Waals surface area contributed by atoms with E-state index in [0.29, 0.717) is 22.9 Å². The van der Waals surface area contributed by atoms with Gasteiger partial charge in [-0.05, 0) is 48.9 Å². The van der Waals surface area contributed by atoms with Crippen molar-refractivity contribution in [1.29, 1.82) is 0 Å². The molecule has 7 nitrogen and oxygen atoms in total. The van der Waals surface area contributed by atoms with E-state index in [0.717, 1.165) is 22.6 Å². The van der Waals surface area contributed by atoms with Crippen molar-refractivity contribution in [2.75, 3.05) is 10.6 Å². The molecule has 2 aromatic carbocycles. The zero-order chi connectivity index (χ0) is 23.8. The Morgan fingerprint density at radius 3 is 2.61 bits per heavy atom. The van der Waals surface area contributed by atoms with Gasteiger partial charge in [0.25, 0.3) is 0 Å². The summed E-state index contributed by atoms with van der Waals surface area (Å²) in [5.74, 6) is -2.31. The molecule has 1 heterocycles. The normalized spacial score (nSPS) is 11.8. The molecule has 0 aliphatic rings. The molecule has 1 atom stereocenters. The van der Waals surface area contributed by atoms with Gasteiger partial charge in [-0.25, -0.2) is 14.2 Å². The maximum Gasteiger partial charge on any atom is 0.328 e. The third-order valence-electron chi connectivity index (χ3n) is 4.29. The molecule has 1 unspecified atom stereocenters. The summed E-state index contributed by atoms with van der Waals surface area (Å²) in [5.41, 5.74) is 1.89. The molecule has 2 amide bonds. The van der Waals surface area contributed by atoms with Crippen LogP contribution in [0.3, 0.4) is 0 Å². The molecule has 1 aromatic heterocycles. The third-order valence-corrected chi connectivity index (χ3v) is 6.41. The number of hydrogen-bond acceptors (Lipinski definition) is 6. The number of nitrogens with one attached hydrogen (secondary N) is 2. The number of carbonyl (C=O) groups excluding carboxylic acids is 2. The largest absolute Gasteiger partial charge is 0.478 e. The second kappa shape index (κ2) is 11.4. The van der Waals surface area contributed by atoms with Crippen molar-refractivity contribution in [1.82, 2.24) is 4.98 Å². The second-order valence-corrected chi connectivity index (χ2v) is 8.87. The van der Waals surface area contributed by atoms with E-state index in [-0.39, 0.29) is 11.7 Å². The van der Waals surface area contributed by atoms with E-state index in [2.05, 4.69) is 15.6 Å². The molecule has 3 aromatic rings. The molecule has 170 valence electrons. The lowest BCUT2D eigenvalue weighted by molar-refractivity contribution is -0.131. The number of rotatable bonds is 9. The second-order valence-electron chi connectivity index (χ2n) is 6.74. The van der Waals surface area contributed by atoms with Crippen LogP contribution in [0.4, 0.5) is 15.2 Å². The maximum absolute atomic E-state index is 13.1. The van der Waals surface area contributed by atoms with Gasteiger partial charge in [-0.15, -0.1) is 23.1 Å². The average molecular weight is 486 g/mol. The number of carboxylic acids is 1. The monoisotopic (exact) mass is 485 g/mol. The zero-order valence-corrected chi connectivity index (χ0v) is 19.1. The van der Waals surface area contributed by atoms with Gasteiger partial charge >= 0.3 is 5.97 Å². The summed E-state index contributed by atoms with van der Waals surface area (Å²) in [5, 5.41) is 15.9. The molecule has 33 heavy (non-hydrogen) atoms. The van der Waals surface area contributed by atoms with Gasteiger partial charge in [0.15, 0.2) is 5.13 Å². The minimum atomic E-state index is -1.21. The lowest BCUT2D eigenvalue weighted by Crippen LogP contribution is -2.24. The summed E-state index contributed by atoms with van der Waals surface area (Å²) in [4.78, 5) is 40.3. The van der Waals surface area contributed by atoms with E-state index in [9.17, 15) is 18.8 Å². The topological polar surface area (TPSA) is 108 Å². The van der Waals surface area contributed by atoms with Crippen LogP contribution >= 0.6 is 23.1 Å². The van der Waals surface area contributed by atoms with Crippen LogP contribution in [-0.4, -0.2) is 33.1 Å². The summed E-state index contributed by atoms with van der Waals surface area (Å²) in [6.45, 7) is 1.89. The molecule has 10 heteroatoms. The number of carboxylic acid groups (broad SMARTS) is 1. The van der Waals surface area contributed by atoms with Crippen molar-refractivity contribution < 1.29 is 23.9 Å². The van der Waals surface area contributed by atoms with Crippen LogP contribution in [0.2, 0.25) is 0 Å². The Bertz CT molecular complexity index is 1180. The van der Waals surface area contributed by atoms with Gasteiger partial charge in [0.1, 0.15) is 5.82 Å². The van der Waals surface area contributed by atoms with Gasteiger partial charge in [0, 0.05) is 33.7 Å². The predicted octanol–water partition coefficient (Wildman–Crippen LogP) is 5.04. The first-order valence-electron chi connectivity index (χ1n) is 9.85. The molecule has 0 saturated heterocycles. The fraction of sp³-hybridized carbons (Fsp3) is 0.130. The van der Waals surface area contributed by atoms with E-state index >= 15 is 0 Å². The summed E-state index contributed by atoms with van der Waals surface area (Å²) in [6.07, 6.45) is 2.24. The van der Waals surface area contributed by atoms with Crippen LogP contribution in [0.15, 0.2) is 71.0 Å². The Kier molecular flexibility index (Phi) is 8.34. The first kappa shape index (κ1) is 24.1. The van der Waals surface area contributed by atoms with E-state index in [4.69, 9.17) is 5.11 Å². The van der Waals surface area contributed by atoms with Gasteiger partial charge in [0.05, 0.1) is 10.9 Å². The van der Waals surface area contributed by atoms with Crippen LogP contribution in [0, 0.1) is 5.82 Å². The molecular weight excluding hydrogens is 465 g/mol.